The van der Waals surface area contributed by atoms with E-state index in [1.54, 1.807) is 0 Å². The third-order valence-electron chi connectivity index (χ3n) is 2.19. The van der Waals surface area contributed by atoms with E-state index in [9.17, 15) is 9.59 Å². The number of carboxylic acid groups (broad SMARTS) is 2. The Bertz CT molecular complexity index is 268. The summed E-state index contributed by atoms with van der Waals surface area (Å²) >= 11 is 0. The summed E-state index contributed by atoms with van der Waals surface area (Å²) in [5, 5.41) is 17.0. The molecule has 0 heterocycles. The Morgan fingerprint density at radius 1 is 0.857 bits per heavy atom. The Balaban J connectivity index is 2.54. The van der Waals surface area contributed by atoms with Crippen LogP contribution < -0.4 is 0 Å². The topological polar surface area (TPSA) is 74.6 Å². The van der Waals surface area contributed by atoms with Gasteiger partial charge in [-0.15, -0.1) is 0 Å². The van der Waals surface area contributed by atoms with E-state index >= 15 is 0 Å². The molecule has 4 heteroatoms. The molecule has 0 unspecified atom stereocenters. The first-order chi connectivity index (χ1) is 6.58. The molecule has 76 valence electrons. The minimum absolute atomic E-state index is 0.658. The first kappa shape index (κ1) is 10.5. The number of hydrogen-bond acceptors (Lipinski definition) is 2. The van der Waals surface area contributed by atoms with Gasteiger partial charge in [0.25, 0.3) is 0 Å². The lowest BCUT2D eigenvalue weighted by Gasteiger charge is -2.15. The summed E-state index contributed by atoms with van der Waals surface area (Å²) in [6.45, 7) is 0. The highest BCUT2D eigenvalue weighted by Gasteiger charge is 2.11. The lowest BCUT2D eigenvalue weighted by Crippen LogP contribution is -2.02. The molecule has 0 spiro atoms. The van der Waals surface area contributed by atoms with Gasteiger partial charge in [-0.05, 0) is 25.7 Å². The van der Waals surface area contributed by atoms with E-state index in [1.807, 2.05) is 0 Å². The molecule has 1 fully saturated rings. The maximum absolute atomic E-state index is 10.3. The smallest absolute Gasteiger partial charge is 0.328 e. The maximum atomic E-state index is 10.3. The number of hydrogen-bond donors (Lipinski definition) is 2. The summed E-state index contributed by atoms with van der Waals surface area (Å²) in [4.78, 5) is 20.7. The summed E-state index contributed by atoms with van der Waals surface area (Å²) < 4.78 is 0. The van der Waals surface area contributed by atoms with Crippen LogP contribution in [0, 0.1) is 0 Å². The number of carboxylic acids is 2. The fraction of sp³-hybridized carbons (Fsp3) is 0.400. The molecule has 0 saturated heterocycles. The van der Waals surface area contributed by atoms with E-state index < -0.39 is 11.9 Å². The van der Waals surface area contributed by atoms with Crippen molar-refractivity contribution in [2.24, 2.45) is 0 Å². The Labute approximate surface area is 81.6 Å². The van der Waals surface area contributed by atoms with E-state index in [4.69, 9.17) is 10.2 Å². The summed E-state index contributed by atoms with van der Waals surface area (Å²) in [5.74, 6) is -1.85. The van der Waals surface area contributed by atoms with E-state index in [0.717, 1.165) is 11.1 Å². The highest BCUT2D eigenvalue weighted by molar-refractivity contribution is 5.81. The predicted octanol–water partition coefficient (Wildman–Crippen LogP) is 1.58. The van der Waals surface area contributed by atoms with E-state index in [-0.39, 0.29) is 0 Å². The number of aliphatic carboxylic acids is 2. The normalized spacial score (nSPS) is 16.3. The average molecular weight is 196 g/mol. The van der Waals surface area contributed by atoms with Gasteiger partial charge in [0.15, 0.2) is 0 Å². The molecule has 4 nitrogen and oxygen atoms in total. The molecule has 0 bridgehead atoms. The quantitative estimate of drug-likeness (QED) is 0.657. The van der Waals surface area contributed by atoms with E-state index in [1.165, 1.54) is 12.2 Å². The minimum atomic E-state index is -0.925. The molecule has 0 aromatic heterocycles. The number of allylic oxidation sites excluding steroid dienone is 2. The van der Waals surface area contributed by atoms with Crippen molar-refractivity contribution in [2.45, 2.75) is 25.7 Å². The van der Waals surface area contributed by atoms with Crippen molar-refractivity contribution in [3.8, 4) is 0 Å². The second-order valence-corrected chi connectivity index (χ2v) is 3.28. The van der Waals surface area contributed by atoms with Gasteiger partial charge in [-0.1, -0.05) is 11.1 Å². The molecule has 1 aliphatic carbocycles. The monoisotopic (exact) mass is 196 g/mol. The second kappa shape index (κ2) is 4.60. The Morgan fingerprint density at radius 2 is 1.14 bits per heavy atom. The molecule has 0 atom stereocenters. The van der Waals surface area contributed by atoms with Crippen LogP contribution in [0.4, 0.5) is 0 Å². The molecule has 0 aromatic carbocycles. The first-order valence-electron chi connectivity index (χ1n) is 4.42. The third kappa shape index (κ3) is 3.43. The Morgan fingerprint density at radius 3 is 1.36 bits per heavy atom. The van der Waals surface area contributed by atoms with Crippen LogP contribution in [0.2, 0.25) is 0 Å². The molecular weight excluding hydrogens is 184 g/mol. The van der Waals surface area contributed by atoms with Gasteiger partial charge in [-0.2, -0.15) is 0 Å². The zero-order valence-corrected chi connectivity index (χ0v) is 7.69. The fourth-order valence-electron chi connectivity index (χ4n) is 1.53. The van der Waals surface area contributed by atoms with Gasteiger partial charge in [-0.25, -0.2) is 9.59 Å². The lowest BCUT2D eigenvalue weighted by atomic mass is 9.90. The van der Waals surface area contributed by atoms with E-state index in [0.29, 0.717) is 25.7 Å². The molecule has 1 saturated carbocycles. The van der Waals surface area contributed by atoms with Crippen LogP contribution in [0.5, 0.6) is 0 Å². The van der Waals surface area contributed by atoms with Gasteiger partial charge in [-0.3, -0.25) is 0 Å². The van der Waals surface area contributed by atoms with Crippen molar-refractivity contribution >= 4 is 11.9 Å². The van der Waals surface area contributed by atoms with Crippen LogP contribution in [0.1, 0.15) is 25.7 Å². The number of rotatable bonds is 2. The summed E-state index contributed by atoms with van der Waals surface area (Å²) in [6, 6.07) is 0. The molecule has 1 rings (SSSR count). The second-order valence-electron chi connectivity index (χ2n) is 3.28. The van der Waals surface area contributed by atoms with Crippen LogP contribution >= 0.6 is 0 Å². The molecule has 0 amide bonds. The largest absolute Gasteiger partial charge is 0.478 e. The maximum Gasteiger partial charge on any atom is 0.328 e. The Hall–Kier alpha value is -1.58. The van der Waals surface area contributed by atoms with Gasteiger partial charge in [0, 0.05) is 12.2 Å². The molecule has 14 heavy (non-hydrogen) atoms. The van der Waals surface area contributed by atoms with Crippen LogP contribution in [0.3, 0.4) is 0 Å². The molecule has 2 N–H and O–H groups in total. The van der Waals surface area contributed by atoms with Crippen molar-refractivity contribution in [1.82, 2.24) is 0 Å². The van der Waals surface area contributed by atoms with Crippen molar-refractivity contribution in [2.75, 3.05) is 0 Å². The van der Waals surface area contributed by atoms with Crippen LogP contribution in [-0.4, -0.2) is 22.2 Å². The standard InChI is InChI=1S/C10H12O4/c11-9(12)5-7-1-2-8(4-3-7)6-10(13)14/h5-6H,1-4H2,(H,11,12)(H,13,14). The summed E-state index contributed by atoms with van der Waals surface area (Å²) in [7, 11) is 0. The first-order valence-corrected chi connectivity index (χ1v) is 4.42. The van der Waals surface area contributed by atoms with Crippen molar-refractivity contribution in [3.63, 3.8) is 0 Å². The summed E-state index contributed by atoms with van der Waals surface area (Å²) in [5.41, 5.74) is 1.78. The van der Waals surface area contributed by atoms with Crippen molar-refractivity contribution in [3.05, 3.63) is 23.3 Å². The number of carbonyl (C=O) groups is 2. The predicted molar refractivity (Wildman–Crippen MR) is 49.9 cm³/mol. The van der Waals surface area contributed by atoms with Gasteiger partial charge in [0.1, 0.15) is 0 Å². The van der Waals surface area contributed by atoms with Gasteiger partial charge in [0.2, 0.25) is 0 Å². The fourth-order valence-corrected chi connectivity index (χ4v) is 1.53. The molecular formula is C10H12O4. The summed E-state index contributed by atoms with van der Waals surface area (Å²) in [6.07, 6.45) is 5.07. The zero-order valence-electron chi connectivity index (χ0n) is 7.69. The van der Waals surface area contributed by atoms with Crippen LogP contribution in [0.15, 0.2) is 23.3 Å². The van der Waals surface area contributed by atoms with E-state index in [2.05, 4.69) is 0 Å². The van der Waals surface area contributed by atoms with Gasteiger partial charge < -0.3 is 10.2 Å². The average Bonchev–Trinajstić information content (AvgIpc) is 2.06. The highest BCUT2D eigenvalue weighted by atomic mass is 16.4. The van der Waals surface area contributed by atoms with Gasteiger partial charge in [0.05, 0.1) is 0 Å². The SMILES string of the molecule is O=C(O)C=C1CCC(=CC(=O)O)CC1. The zero-order chi connectivity index (χ0) is 10.6. The molecule has 0 aliphatic heterocycles. The Kier molecular flexibility index (Phi) is 3.45. The van der Waals surface area contributed by atoms with Crippen LogP contribution in [0.25, 0.3) is 0 Å². The highest BCUT2D eigenvalue weighted by Crippen LogP contribution is 2.27. The minimum Gasteiger partial charge on any atom is -0.478 e. The van der Waals surface area contributed by atoms with Crippen molar-refractivity contribution in [1.29, 1.82) is 0 Å². The lowest BCUT2D eigenvalue weighted by molar-refractivity contribution is -0.132. The third-order valence-corrected chi connectivity index (χ3v) is 2.19. The van der Waals surface area contributed by atoms with Gasteiger partial charge >= 0.3 is 11.9 Å². The molecule has 0 aromatic rings. The van der Waals surface area contributed by atoms with Crippen molar-refractivity contribution < 1.29 is 19.8 Å². The molecule has 0 radical (unpaired) electrons. The van der Waals surface area contributed by atoms with Crippen LogP contribution in [-0.2, 0) is 9.59 Å². The molecule has 1 aliphatic rings.